The third-order valence-electron chi connectivity index (χ3n) is 6.21. The molecular formula is C24H28FN3O4+2. The second kappa shape index (κ2) is 9.50. The topological polar surface area (TPSA) is 87.9 Å². The number of carbonyl (C=O) groups is 2. The van der Waals surface area contributed by atoms with Crippen LogP contribution in [0.15, 0.2) is 54.1 Å². The fraction of sp³-hybridized carbons (Fsp3) is 0.333. The Morgan fingerprint density at radius 1 is 1.16 bits per heavy atom. The van der Waals surface area contributed by atoms with Gasteiger partial charge in [0.15, 0.2) is 0 Å². The molecule has 2 aromatic rings. The number of quaternary nitrogens is 2. The molecule has 2 saturated heterocycles. The monoisotopic (exact) mass is 441 g/mol. The molecular weight excluding hydrogens is 413 g/mol. The third kappa shape index (κ3) is 4.24. The minimum Gasteiger partial charge on any atom is -0.507 e. The molecule has 0 saturated carbocycles. The Morgan fingerprint density at radius 3 is 2.50 bits per heavy atom. The number of benzene rings is 2. The number of carbonyl (C=O) groups excluding carboxylic acids is 2. The van der Waals surface area contributed by atoms with E-state index in [4.69, 9.17) is 4.74 Å². The Balaban J connectivity index is 1.74. The van der Waals surface area contributed by atoms with Crippen LogP contribution < -0.4 is 15.0 Å². The van der Waals surface area contributed by atoms with Crippen molar-refractivity contribution >= 4 is 17.4 Å². The Bertz CT molecular complexity index is 1030. The number of nitrogens with one attached hydrogen (secondary N) is 1. The number of rotatable bonds is 6. The fourth-order valence-electron chi connectivity index (χ4n) is 4.45. The molecule has 168 valence electrons. The van der Waals surface area contributed by atoms with Gasteiger partial charge in [-0.15, -0.1) is 0 Å². The van der Waals surface area contributed by atoms with Crippen LogP contribution >= 0.6 is 0 Å². The minimum absolute atomic E-state index is 0.0905. The van der Waals surface area contributed by atoms with Crippen molar-refractivity contribution in [3.63, 3.8) is 0 Å². The van der Waals surface area contributed by atoms with Crippen LogP contribution in [0.1, 0.15) is 17.2 Å². The number of nitrogens with zero attached hydrogens (tertiary/aromatic N) is 1. The number of ketones is 1. The predicted molar refractivity (Wildman–Crippen MR) is 116 cm³/mol. The lowest BCUT2D eigenvalue weighted by Gasteiger charge is -2.28. The minimum atomic E-state index is -0.978. The summed E-state index contributed by atoms with van der Waals surface area (Å²) < 4.78 is 20.0. The average Bonchev–Trinajstić information content (AvgIpc) is 3.08. The van der Waals surface area contributed by atoms with Crippen molar-refractivity contribution in [1.82, 2.24) is 4.90 Å². The van der Waals surface area contributed by atoms with Crippen molar-refractivity contribution in [3.8, 4) is 5.75 Å². The van der Waals surface area contributed by atoms with E-state index in [1.807, 2.05) is 0 Å². The summed E-state index contributed by atoms with van der Waals surface area (Å²) in [5, 5.41) is 13.3. The van der Waals surface area contributed by atoms with E-state index in [0.717, 1.165) is 26.2 Å². The van der Waals surface area contributed by atoms with Crippen LogP contribution in [-0.2, 0) is 9.59 Å². The summed E-state index contributed by atoms with van der Waals surface area (Å²) in [5.41, 5.74) is 0.471. The zero-order chi connectivity index (χ0) is 22.7. The number of methoxy groups -OCH3 is 1. The highest BCUT2D eigenvalue weighted by atomic mass is 19.1. The van der Waals surface area contributed by atoms with Gasteiger partial charge >= 0.3 is 0 Å². The lowest BCUT2D eigenvalue weighted by atomic mass is 9.95. The van der Waals surface area contributed by atoms with E-state index in [-0.39, 0.29) is 16.9 Å². The quantitative estimate of drug-likeness (QED) is 0.327. The van der Waals surface area contributed by atoms with Crippen LogP contribution in [0.5, 0.6) is 5.75 Å². The van der Waals surface area contributed by atoms with E-state index in [1.54, 1.807) is 42.5 Å². The lowest BCUT2D eigenvalue weighted by Crippen LogP contribution is -3.20. The van der Waals surface area contributed by atoms with Gasteiger partial charge in [0.2, 0.25) is 0 Å². The molecule has 7 nitrogen and oxygen atoms in total. The molecule has 2 aliphatic heterocycles. The second-order valence-corrected chi connectivity index (χ2v) is 8.11. The van der Waals surface area contributed by atoms with E-state index in [2.05, 4.69) is 5.32 Å². The molecule has 1 atom stereocenters. The van der Waals surface area contributed by atoms with Gasteiger partial charge in [-0.05, 0) is 30.3 Å². The SMILES string of the molecule is COc1ccc(C(O)=C2C(=O)C(=O)N(CC[NH+]3CC[NH2+]CC3)C2c2ccccc2F)cc1. The maximum atomic E-state index is 14.8. The summed E-state index contributed by atoms with van der Waals surface area (Å²) in [6.07, 6.45) is 0. The molecule has 0 bridgehead atoms. The highest BCUT2D eigenvalue weighted by molar-refractivity contribution is 6.46. The van der Waals surface area contributed by atoms with E-state index < -0.39 is 23.5 Å². The van der Waals surface area contributed by atoms with Crippen LogP contribution in [-0.4, -0.2) is 68.1 Å². The summed E-state index contributed by atoms with van der Waals surface area (Å²) in [6, 6.07) is 11.6. The van der Waals surface area contributed by atoms with Crippen LogP contribution in [0.4, 0.5) is 4.39 Å². The van der Waals surface area contributed by atoms with Gasteiger partial charge in [0, 0.05) is 11.1 Å². The van der Waals surface area contributed by atoms with Crippen LogP contribution in [0.2, 0.25) is 0 Å². The molecule has 2 heterocycles. The molecule has 4 N–H and O–H groups in total. The molecule has 1 unspecified atom stereocenters. The second-order valence-electron chi connectivity index (χ2n) is 8.11. The number of likely N-dealkylation sites (tertiary alicyclic amines) is 1. The number of hydrogen-bond donors (Lipinski definition) is 3. The number of nitrogens with two attached hydrogens (primary N) is 1. The van der Waals surface area contributed by atoms with Gasteiger partial charge in [0.05, 0.1) is 31.8 Å². The van der Waals surface area contributed by atoms with Crippen molar-refractivity contribution < 1.29 is 34.0 Å². The van der Waals surface area contributed by atoms with Crippen LogP contribution in [0, 0.1) is 5.82 Å². The van der Waals surface area contributed by atoms with Gasteiger partial charge in [-0.25, -0.2) is 4.39 Å². The number of aliphatic hydroxyl groups excluding tert-OH is 1. The lowest BCUT2D eigenvalue weighted by molar-refractivity contribution is -0.946. The summed E-state index contributed by atoms with van der Waals surface area (Å²) in [7, 11) is 1.53. The van der Waals surface area contributed by atoms with E-state index in [1.165, 1.54) is 23.0 Å². The highest BCUT2D eigenvalue weighted by Gasteiger charge is 2.47. The van der Waals surface area contributed by atoms with Crippen molar-refractivity contribution in [2.75, 3.05) is 46.4 Å². The Labute approximate surface area is 186 Å². The standard InChI is InChI=1S/C24H26FN3O4/c1-32-17-8-6-16(7-9-17)22(29)20-21(18-4-2-3-5-19(18)25)28(24(31)23(20)30)15-14-27-12-10-26-11-13-27/h2-9,21,26,29H,10-15H2,1H3/p+2. The van der Waals surface area contributed by atoms with Gasteiger partial charge in [0.25, 0.3) is 11.7 Å². The van der Waals surface area contributed by atoms with Crippen LogP contribution in [0.3, 0.4) is 0 Å². The number of halogens is 1. The van der Waals surface area contributed by atoms with Gasteiger partial charge in [-0.3, -0.25) is 9.59 Å². The van der Waals surface area contributed by atoms with Gasteiger partial charge in [-0.1, -0.05) is 18.2 Å². The molecule has 0 radical (unpaired) electrons. The number of Topliss-reactive ketones (excluding diaryl/α,β-unsaturated/α-hetero) is 1. The molecule has 8 heteroatoms. The number of amides is 1. The van der Waals surface area contributed by atoms with Crippen LogP contribution in [0.25, 0.3) is 5.76 Å². The molecule has 0 aromatic heterocycles. The van der Waals surface area contributed by atoms with Crippen molar-refractivity contribution in [1.29, 1.82) is 0 Å². The predicted octanol–water partition coefficient (Wildman–Crippen LogP) is -0.282. The first-order valence-electron chi connectivity index (χ1n) is 10.8. The van der Waals surface area contributed by atoms with E-state index in [9.17, 15) is 19.1 Å². The molecule has 32 heavy (non-hydrogen) atoms. The molecule has 2 aliphatic rings. The first-order valence-corrected chi connectivity index (χ1v) is 10.8. The molecule has 1 amide bonds. The Hall–Kier alpha value is -3.23. The van der Waals surface area contributed by atoms with Crippen molar-refractivity contribution in [2.24, 2.45) is 0 Å². The maximum absolute atomic E-state index is 14.8. The highest BCUT2D eigenvalue weighted by Crippen LogP contribution is 2.40. The molecule has 2 aromatic carbocycles. The largest absolute Gasteiger partial charge is 0.507 e. The number of ether oxygens (including phenoxy) is 1. The van der Waals surface area contributed by atoms with Crippen molar-refractivity contribution in [3.05, 3.63) is 71.0 Å². The Morgan fingerprint density at radius 2 is 1.84 bits per heavy atom. The molecule has 2 fully saturated rings. The summed E-state index contributed by atoms with van der Waals surface area (Å²) >= 11 is 0. The average molecular weight is 442 g/mol. The fourth-order valence-corrected chi connectivity index (χ4v) is 4.45. The van der Waals surface area contributed by atoms with E-state index >= 15 is 0 Å². The summed E-state index contributed by atoms with van der Waals surface area (Å²) in [4.78, 5) is 28.8. The molecule has 0 spiro atoms. The van der Waals surface area contributed by atoms with Gasteiger partial charge < -0.3 is 25.0 Å². The first-order chi connectivity index (χ1) is 15.5. The van der Waals surface area contributed by atoms with E-state index in [0.29, 0.717) is 24.4 Å². The summed E-state index contributed by atoms with van der Waals surface area (Å²) in [5.74, 6) is -1.76. The summed E-state index contributed by atoms with van der Waals surface area (Å²) in [6.45, 7) is 4.94. The zero-order valence-electron chi connectivity index (χ0n) is 18.0. The number of aliphatic hydroxyl groups is 1. The zero-order valence-corrected chi connectivity index (χ0v) is 18.0. The van der Waals surface area contributed by atoms with Gasteiger partial charge in [0.1, 0.15) is 43.5 Å². The molecule has 0 aliphatic carbocycles. The third-order valence-corrected chi connectivity index (χ3v) is 6.21. The number of piperazine rings is 1. The molecule has 4 rings (SSSR count). The Kier molecular flexibility index (Phi) is 6.53. The van der Waals surface area contributed by atoms with Crippen molar-refractivity contribution in [2.45, 2.75) is 6.04 Å². The number of hydrogen-bond acceptors (Lipinski definition) is 4. The maximum Gasteiger partial charge on any atom is 0.295 e. The smallest absolute Gasteiger partial charge is 0.295 e. The van der Waals surface area contributed by atoms with Gasteiger partial charge in [-0.2, -0.15) is 0 Å². The normalized spacial score (nSPS) is 21.2. The first kappa shape index (κ1) is 22.0.